The van der Waals surface area contributed by atoms with E-state index in [1.54, 1.807) is 0 Å². The van der Waals surface area contributed by atoms with Crippen molar-refractivity contribution in [2.75, 3.05) is 0 Å². The minimum absolute atomic E-state index is 0.551. The minimum Gasteiger partial charge on any atom is -0.307 e. The van der Waals surface area contributed by atoms with Crippen LogP contribution < -0.4 is 5.32 Å². The molecule has 2 atom stereocenters. The van der Waals surface area contributed by atoms with Gasteiger partial charge in [0.25, 0.3) is 0 Å². The van der Waals surface area contributed by atoms with Crippen LogP contribution in [0.5, 0.6) is 0 Å². The van der Waals surface area contributed by atoms with Gasteiger partial charge in [0, 0.05) is 30.4 Å². The fraction of sp³-hybridized carbons (Fsp3) is 0.750. The molecule has 1 aromatic rings. The zero-order valence-corrected chi connectivity index (χ0v) is 9.53. The molecule has 3 heteroatoms. The SMILES string of the molecule is CC1CCc2c(cnn2C)C1NC1CC1. The lowest BCUT2D eigenvalue weighted by Crippen LogP contribution is -2.32. The number of aromatic nitrogens is 2. The number of hydrogen-bond donors (Lipinski definition) is 1. The van der Waals surface area contributed by atoms with Gasteiger partial charge in [-0.3, -0.25) is 4.68 Å². The van der Waals surface area contributed by atoms with Crippen molar-refractivity contribution in [2.24, 2.45) is 13.0 Å². The molecule has 3 nitrogen and oxygen atoms in total. The standard InChI is InChI=1S/C12H19N3/c1-8-3-6-11-10(7-13-15(11)2)12(8)14-9-4-5-9/h7-9,12,14H,3-6H2,1-2H3. The van der Waals surface area contributed by atoms with Crippen LogP contribution in [-0.4, -0.2) is 15.8 Å². The molecular formula is C12H19N3. The molecule has 2 unspecified atom stereocenters. The Morgan fingerprint density at radius 2 is 2.20 bits per heavy atom. The van der Waals surface area contributed by atoms with Crippen LogP contribution in [0.2, 0.25) is 0 Å². The van der Waals surface area contributed by atoms with Gasteiger partial charge in [-0.2, -0.15) is 5.10 Å². The van der Waals surface area contributed by atoms with Gasteiger partial charge < -0.3 is 5.32 Å². The number of aryl methyl sites for hydroxylation is 1. The smallest absolute Gasteiger partial charge is 0.0540 e. The van der Waals surface area contributed by atoms with Gasteiger partial charge in [0.1, 0.15) is 0 Å². The van der Waals surface area contributed by atoms with Crippen LogP contribution in [0.15, 0.2) is 6.20 Å². The summed E-state index contributed by atoms with van der Waals surface area (Å²) in [5.74, 6) is 0.752. The average Bonchev–Trinajstić information content (AvgIpc) is 2.96. The van der Waals surface area contributed by atoms with Crippen molar-refractivity contribution in [1.29, 1.82) is 0 Å². The number of fused-ring (bicyclic) bond motifs is 1. The Balaban J connectivity index is 1.90. The molecule has 0 bridgehead atoms. The molecule has 0 radical (unpaired) electrons. The Hall–Kier alpha value is -0.830. The van der Waals surface area contributed by atoms with Gasteiger partial charge in [0.15, 0.2) is 0 Å². The summed E-state index contributed by atoms with van der Waals surface area (Å²) in [5.41, 5.74) is 2.88. The maximum atomic E-state index is 4.39. The van der Waals surface area contributed by atoms with E-state index < -0.39 is 0 Å². The third kappa shape index (κ3) is 1.59. The van der Waals surface area contributed by atoms with E-state index >= 15 is 0 Å². The molecule has 1 saturated carbocycles. The van der Waals surface area contributed by atoms with Crippen LogP contribution in [0.3, 0.4) is 0 Å². The fourth-order valence-electron chi connectivity index (χ4n) is 2.64. The number of nitrogens with zero attached hydrogens (tertiary/aromatic N) is 2. The third-order valence-corrected chi connectivity index (χ3v) is 3.83. The second kappa shape index (κ2) is 3.34. The summed E-state index contributed by atoms with van der Waals surface area (Å²) >= 11 is 0. The number of hydrogen-bond acceptors (Lipinski definition) is 2. The van der Waals surface area contributed by atoms with Crippen molar-refractivity contribution in [3.63, 3.8) is 0 Å². The van der Waals surface area contributed by atoms with Gasteiger partial charge in [-0.1, -0.05) is 6.92 Å². The van der Waals surface area contributed by atoms with Crippen LogP contribution in [0.25, 0.3) is 0 Å². The zero-order valence-electron chi connectivity index (χ0n) is 9.53. The van der Waals surface area contributed by atoms with Gasteiger partial charge in [0.2, 0.25) is 0 Å². The first-order chi connectivity index (χ1) is 7.25. The first-order valence-corrected chi connectivity index (χ1v) is 6.02. The van der Waals surface area contributed by atoms with E-state index in [9.17, 15) is 0 Å². The maximum absolute atomic E-state index is 4.39. The van der Waals surface area contributed by atoms with Crippen molar-refractivity contribution < 1.29 is 0 Å². The zero-order chi connectivity index (χ0) is 10.4. The van der Waals surface area contributed by atoms with E-state index in [-0.39, 0.29) is 0 Å². The molecule has 2 aliphatic carbocycles. The Labute approximate surface area is 90.9 Å². The lowest BCUT2D eigenvalue weighted by atomic mass is 9.84. The van der Waals surface area contributed by atoms with Crippen LogP contribution >= 0.6 is 0 Å². The van der Waals surface area contributed by atoms with Crippen LogP contribution in [0.4, 0.5) is 0 Å². The predicted molar refractivity (Wildman–Crippen MR) is 59.6 cm³/mol. The molecule has 0 spiro atoms. The lowest BCUT2D eigenvalue weighted by Gasteiger charge is -2.30. The van der Waals surface area contributed by atoms with E-state index in [1.807, 2.05) is 4.68 Å². The second-order valence-electron chi connectivity index (χ2n) is 5.10. The highest BCUT2D eigenvalue weighted by atomic mass is 15.3. The normalized spacial score (nSPS) is 30.3. The van der Waals surface area contributed by atoms with Gasteiger partial charge in [-0.15, -0.1) is 0 Å². The fourth-order valence-corrected chi connectivity index (χ4v) is 2.64. The number of rotatable bonds is 2. The number of nitrogens with one attached hydrogen (secondary N) is 1. The van der Waals surface area contributed by atoms with E-state index in [4.69, 9.17) is 0 Å². The van der Waals surface area contributed by atoms with E-state index in [2.05, 4.69) is 30.6 Å². The summed E-state index contributed by atoms with van der Waals surface area (Å²) in [6.07, 6.45) is 7.26. The summed E-state index contributed by atoms with van der Waals surface area (Å²) in [6.45, 7) is 2.36. The van der Waals surface area contributed by atoms with Crippen molar-refractivity contribution in [1.82, 2.24) is 15.1 Å². The molecule has 0 aliphatic heterocycles. The summed E-state index contributed by atoms with van der Waals surface area (Å²) in [6, 6.07) is 1.33. The molecule has 1 aromatic heterocycles. The second-order valence-corrected chi connectivity index (χ2v) is 5.10. The average molecular weight is 205 g/mol. The van der Waals surface area contributed by atoms with Crippen molar-refractivity contribution >= 4 is 0 Å². The topological polar surface area (TPSA) is 29.9 Å². The van der Waals surface area contributed by atoms with E-state index in [1.165, 1.54) is 36.9 Å². The predicted octanol–water partition coefficient (Wildman–Crippen LogP) is 1.80. The Bertz CT molecular complexity index is 365. The summed E-state index contributed by atoms with van der Waals surface area (Å²) in [4.78, 5) is 0. The summed E-state index contributed by atoms with van der Waals surface area (Å²) < 4.78 is 2.04. The summed E-state index contributed by atoms with van der Waals surface area (Å²) in [5, 5.41) is 8.15. The molecule has 3 rings (SSSR count). The molecule has 2 aliphatic rings. The summed E-state index contributed by atoms with van der Waals surface area (Å²) in [7, 11) is 2.06. The van der Waals surface area contributed by atoms with Crippen molar-refractivity contribution in [3.8, 4) is 0 Å². The Morgan fingerprint density at radius 3 is 2.93 bits per heavy atom. The molecule has 0 aromatic carbocycles. The van der Waals surface area contributed by atoms with E-state index in [0.29, 0.717) is 6.04 Å². The first kappa shape index (κ1) is 9.40. The van der Waals surface area contributed by atoms with Crippen molar-refractivity contribution in [3.05, 3.63) is 17.5 Å². The van der Waals surface area contributed by atoms with Gasteiger partial charge in [-0.05, 0) is 31.6 Å². The lowest BCUT2D eigenvalue weighted by molar-refractivity contribution is 0.338. The van der Waals surface area contributed by atoms with Gasteiger partial charge in [-0.25, -0.2) is 0 Å². The first-order valence-electron chi connectivity index (χ1n) is 6.02. The molecule has 1 fully saturated rings. The molecule has 82 valence electrons. The van der Waals surface area contributed by atoms with Crippen LogP contribution in [0.1, 0.15) is 43.5 Å². The molecule has 0 saturated heterocycles. The van der Waals surface area contributed by atoms with Crippen molar-refractivity contribution in [2.45, 2.75) is 44.7 Å². The monoisotopic (exact) mass is 205 g/mol. The highest BCUT2D eigenvalue weighted by Gasteiger charge is 2.33. The maximum Gasteiger partial charge on any atom is 0.0540 e. The van der Waals surface area contributed by atoms with Gasteiger partial charge in [0.05, 0.1) is 6.20 Å². The highest BCUT2D eigenvalue weighted by molar-refractivity contribution is 5.26. The Morgan fingerprint density at radius 1 is 1.40 bits per heavy atom. The van der Waals surface area contributed by atoms with Crippen LogP contribution in [-0.2, 0) is 13.5 Å². The van der Waals surface area contributed by atoms with E-state index in [0.717, 1.165) is 12.0 Å². The third-order valence-electron chi connectivity index (χ3n) is 3.83. The largest absolute Gasteiger partial charge is 0.307 e. The van der Waals surface area contributed by atoms with Gasteiger partial charge >= 0.3 is 0 Å². The minimum atomic E-state index is 0.551. The Kier molecular flexibility index (Phi) is 2.09. The molecule has 1 heterocycles. The van der Waals surface area contributed by atoms with Crippen LogP contribution in [0, 0.1) is 5.92 Å². The molecular weight excluding hydrogens is 186 g/mol. The quantitative estimate of drug-likeness (QED) is 0.798. The molecule has 0 amide bonds. The molecule has 15 heavy (non-hydrogen) atoms. The molecule has 1 N–H and O–H groups in total. The highest BCUT2D eigenvalue weighted by Crippen LogP contribution is 2.36.